The number of anilines is 2. The highest BCUT2D eigenvalue weighted by Gasteiger charge is 2.39. The summed E-state index contributed by atoms with van der Waals surface area (Å²) in [5.74, 6) is 0.0986. The number of ether oxygens (including phenoxy) is 1. The van der Waals surface area contributed by atoms with Crippen LogP contribution in [0.15, 0.2) is 48.7 Å². The van der Waals surface area contributed by atoms with E-state index in [1.54, 1.807) is 31.4 Å². The van der Waals surface area contributed by atoms with E-state index in [9.17, 15) is 14.4 Å². The third-order valence-electron chi connectivity index (χ3n) is 5.35. The van der Waals surface area contributed by atoms with E-state index in [2.05, 4.69) is 15.6 Å². The van der Waals surface area contributed by atoms with Gasteiger partial charge in [-0.05, 0) is 54.4 Å². The smallest absolute Gasteiger partial charge is 0.251 e. The lowest BCUT2D eigenvalue weighted by atomic mass is 10.1. The molecule has 1 aliphatic rings. The van der Waals surface area contributed by atoms with E-state index < -0.39 is 6.04 Å². The summed E-state index contributed by atoms with van der Waals surface area (Å²) in [6.45, 7) is 1.98. The Kier molecular flexibility index (Phi) is 5.73. The Morgan fingerprint density at radius 2 is 1.97 bits per heavy atom. The van der Waals surface area contributed by atoms with Crippen molar-refractivity contribution >= 4 is 40.0 Å². The zero-order valence-corrected chi connectivity index (χ0v) is 17.4. The summed E-state index contributed by atoms with van der Waals surface area (Å²) in [5, 5.41) is 6.96. The van der Waals surface area contributed by atoms with Gasteiger partial charge in [-0.3, -0.25) is 14.4 Å². The molecule has 3 amide bonds. The summed E-state index contributed by atoms with van der Waals surface area (Å²) in [6, 6.07) is 12.0. The van der Waals surface area contributed by atoms with Crippen LogP contribution in [0.2, 0.25) is 0 Å². The molecule has 1 atom stereocenters. The van der Waals surface area contributed by atoms with Gasteiger partial charge >= 0.3 is 0 Å². The number of aromatic nitrogens is 1. The maximum absolute atomic E-state index is 12.8. The average Bonchev–Trinajstić information content (AvgIpc) is 3.28. The molecule has 1 saturated heterocycles. The lowest BCUT2D eigenvalue weighted by molar-refractivity contribution is -0.121. The Morgan fingerprint density at radius 3 is 2.68 bits per heavy atom. The molecular weight excluding hydrogens is 396 g/mol. The van der Waals surface area contributed by atoms with E-state index in [1.165, 1.54) is 11.8 Å². The molecule has 0 bridgehead atoms. The largest absolute Gasteiger partial charge is 0.497 e. The molecule has 0 aliphatic carbocycles. The van der Waals surface area contributed by atoms with Gasteiger partial charge in [-0.25, -0.2) is 4.90 Å². The molecule has 0 saturated carbocycles. The van der Waals surface area contributed by atoms with Crippen molar-refractivity contribution in [3.8, 4) is 5.75 Å². The molecular formula is C23H24N4O4. The van der Waals surface area contributed by atoms with Crippen LogP contribution in [0.1, 0.15) is 18.9 Å². The number of aromatic amines is 1. The Morgan fingerprint density at radius 1 is 1.19 bits per heavy atom. The number of nitrogens with zero attached hydrogens (tertiary/aromatic N) is 1. The van der Waals surface area contributed by atoms with Crippen molar-refractivity contribution < 1.29 is 19.1 Å². The van der Waals surface area contributed by atoms with Crippen LogP contribution in [-0.4, -0.2) is 42.4 Å². The number of amides is 3. The van der Waals surface area contributed by atoms with Gasteiger partial charge in [-0.2, -0.15) is 0 Å². The molecule has 0 unspecified atom stereocenters. The molecule has 1 fully saturated rings. The highest BCUT2D eigenvalue weighted by atomic mass is 16.5. The van der Waals surface area contributed by atoms with E-state index in [-0.39, 0.29) is 24.1 Å². The summed E-state index contributed by atoms with van der Waals surface area (Å²) >= 11 is 0. The third-order valence-corrected chi connectivity index (χ3v) is 5.35. The summed E-state index contributed by atoms with van der Waals surface area (Å²) in [4.78, 5) is 40.9. The first-order valence-electron chi connectivity index (χ1n) is 10.1. The van der Waals surface area contributed by atoms with Gasteiger partial charge in [-0.15, -0.1) is 0 Å². The quantitative estimate of drug-likeness (QED) is 0.510. The molecule has 8 nitrogen and oxygen atoms in total. The highest BCUT2D eigenvalue weighted by molar-refractivity contribution is 6.22. The first kappa shape index (κ1) is 20.6. The molecule has 2 heterocycles. The zero-order valence-electron chi connectivity index (χ0n) is 17.4. The van der Waals surface area contributed by atoms with Crippen molar-refractivity contribution in [2.75, 3.05) is 23.9 Å². The fourth-order valence-electron chi connectivity index (χ4n) is 3.83. The molecule has 3 aromatic rings. The molecule has 8 heteroatoms. The van der Waals surface area contributed by atoms with E-state index in [0.29, 0.717) is 24.3 Å². The number of imide groups is 1. The standard InChI is InChI=1S/C23H24N4O4/c1-14(28)26-16-3-5-17(6-4-16)27-22(29)12-21(23(27)30)24-10-9-15-13-25-20-8-7-18(31-2)11-19(15)20/h3-8,11,13,21,24-25H,9-10,12H2,1-2H3,(H,26,28)/t21-/m0/s1. The minimum Gasteiger partial charge on any atom is -0.497 e. The molecule has 2 aromatic carbocycles. The first-order valence-corrected chi connectivity index (χ1v) is 10.1. The van der Waals surface area contributed by atoms with Crippen molar-refractivity contribution in [3.63, 3.8) is 0 Å². The van der Waals surface area contributed by atoms with Gasteiger partial charge in [0.25, 0.3) is 5.91 Å². The zero-order chi connectivity index (χ0) is 22.0. The Balaban J connectivity index is 1.39. The van der Waals surface area contributed by atoms with Gasteiger partial charge in [0, 0.05) is 36.3 Å². The van der Waals surface area contributed by atoms with Gasteiger partial charge in [0.05, 0.1) is 25.3 Å². The van der Waals surface area contributed by atoms with Crippen LogP contribution in [0, 0.1) is 0 Å². The van der Waals surface area contributed by atoms with Crippen LogP contribution >= 0.6 is 0 Å². The molecule has 0 spiro atoms. The normalized spacial score (nSPS) is 16.2. The number of methoxy groups -OCH3 is 1. The first-order chi connectivity index (χ1) is 15.0. The van der Waals surface area contributed by atoms with E-state index in [1.807, 2.05) is 24.4 Å². The predicted molar refractivity (Wildman–Crippen MR) is 118 cm³/mol. The number of carbonyl (C=O) groups is 3. The number of rotatable bonds is 7. The lowest BCUT2D eigenvalue weighted by Gasteiger charge is -2.16. The van der Waals surface area contributed by atoms with Crippen molar-refractivity contribution in [3.05, 3.63) is 54.2 Å². The van der Waals surface area contributed by atoms with E-state index in [4.69, 9.17) is 4.74 Å². The number of hydrogen-bond acceptors (Lipinski definition) is 5. The maximum Gasteiger partial charge on any atom is 0.251 e. The fraction of sp³-hybridized carbons (Fsp3) is 0.261. The summed E-state index contributed by atoms with van der Waals surface area (Å²) < 4.78 is 5.30. The molecule has 1 aromatic heterocycles. The second kappa shape index (κ2) is 8.61. The van der Waals surface area contributed by atoms with Gasteiger partial charge in [0.2, 0.25) is 11.8 Å². The number of fused-ring (bicyclic) bond motifs is 1. The molecule has 1 aliphatic heterocycles. The number of H-pyrrole nitrogens is 1. The van der Waals surface area contributed by atoms with Crippen LogP contribution < -0.4 is 20.3 Å². The maximum atomic E-state index is 12.8. The van der Waals surface area contributed by atoms with Gasteiger partial charge in [0.1, 0.15) is 5.75 Å². The molecule has 0 radical (unpaired) electrons. The van der Waals surface area contributed by atoms with Gasteiger partial charge in [0.15, 0.2) is 0 Å². The number of hydrogen-bond donors (Lipinski definition) is 3. The summed E-state index contributed by atoms with van der Waals surface area (Å²) in [6.07, 6.45) is 2.78. The summed E-state index contributed by atoms with van der Waals surface area (Å²) in [7, 11) is 1.64. The molecule has 3 N–H and O–H groups in total. The van der Waals surface area contributed by atoms with Crippen LogP contribution in [0.5, 0.6) is 5.75 Å². The highest BCUT2D eigenvalue weighted by Crippen LogP contribution is 2.26. The van der Waals surface area contributed by atoms with Crippen LogP contribution in [-0.2, 0) is 20.8 Å². The third kappa shape index (κ3) is 4.29. The molecule has 31 heavy (non-hydrogen) atoms. The Bertz CT molecular complexity index is 1140. The van der Waals surface area contributed by atoms with Gasteiger partial charge < -0.3 is 20.4 Å². The van der Waals surface area contributed by atoms with E-state index in [0.717, 1.165) is 22.2 Å². The topological polar surface area (TPSA) is 104 Å². The minimum absolute atomic E-state index is 0.119. The Labute approximate surface area is 179 Å². The fourth-order valence-corrected chi connectivity index (χ4v) is 3.83. The molecule has 160 valence electrons. The Hall–Kier alpha value is -3.65. The number of carbonyl (C=O) groups excluding carboxylic acids is 3. The second-order valence-electron chi connectivity index (χ2n) is 7.48. The van der Waals surface area contributed by atoms with E-state index >= 15 is 0 Å². The van der Waals surface area contributed by atoms with Crippen molar-refractivity contribution in [1.82, 2.24) is 10.3 Å². The lowest BCUT2D eigenvalue weighted by Crippen LogP contribution is -2.39. The second-order valence-corrected chi connectivity index (χ2v) is 7.48. The SMILES string of the molecule is COc1ccc2[nH]cc(CCN[C@H]3CC(=O)N(c4ccc(NC(C)=O)cc4)C3=O)c2c1. The number of nitrogens with one attached hydrogen (secondary N) is 3. The summed E-state index contributed by atoms with van der Waals surface area (Å²) in [5.41, 5.74) is 3.25. The van der Waals surface area contributed by atoms with Crippen LogP contribution in [0.3, 0.4) is 0 Å². The monoisotopic (exact) mass is 420 g/mol. The average molecular weight is 420 g/mol. The van der Waals surface area contributed by atoms with Crippen LogP contribution in [0.25, 0.3) is 10.9 Å². The predicted octanol–water partition coefficient (Wildman–Crippen LogP) is 2.60. The minimum atomic E-state index is -0.553. The van der Waals surface area contributed by atoms with Crippen molar-refractivity contribution in [2.45, 2.75) is 25.8 Å². The van der Waals surface area contributed by atoms with Crippen molar-refractivity contribution in [1.29, 1.82) is 0 Å². The van der Waals surface area contributed by atoms with Gasteiger partial charge in [-0.1, -0.05) is 0 Å². The molecule has 4 rings (SSSR count). The van der Waals surface area contributed by atoms with Crippen molar-refractivity contribution in [2.24, 2.45) is 0 Å². The number of benzene rings is 2. The van der Waals surface area contributed by atoms with Crippen LogP contribution in [0.4, 0.5) is 11.4 Å².